The molecule has 0 aliphatic carbocycles. The van der Waals surface area contributed by atoms with E-state index in [-0.39, 0.29) is 5.15 Å². The molecule has 1 aromatic heterocycles. The van der Waals surface area contributed by atoms with Crippen LogP contribution in [0.25, 0.3) is 0 Å². The van der Waals surface area contributed by atoms with E-state index in [0.717, 1.165) is 6.07 Å². The summed E-state index contributed by atoms with van der Waals surface area (Å²) in [5.74, 6) is 0. The van der Waals surface area contributed by atoms with E-state index in [1.54, 1.807) is 0 Å². The molecular weight excluding hydrogens is 205 g/mol. The van der Waals surface area contributed by atoms with Crippen LogP contribution in [0.5, 0.6) is 0 Å². The van der Waals surface area contributed by atoms with Crippen molar-refractivity contribution in [1.29, 1.82) is 0 Å². The zero-order valence-electron chi connectivity index (χ0n) is 7.48. The zero-order valence-corrected chi connectivity index (χ0v) is 8.24. The van der Waals surface area contributed by atoms with E-state index >= 15 is 0 Å². The zero-order chi connectivity index (χ0) is 10.6. The Morgan fingerprint density at radius 2 is 1.85 bits per heavy atom. The largest absolute Gasteiger partial charge is 0.433 e. The van der Waals surface area contributed by atoms with Gasteiger partial charge in [-0.3, -0.25) is 4.68 Å². The molecule has 0 aromatic carbocycles. The number of nitrogens with zero attached hydrogens (tertiary/aromatic N) is 2. The van der Waals surface area contributed by atoms with Crippen molar-refractivity contribution in [2.45, 2.75) is 20.0 Å². The normalized spacial score (nSPS) is 10.7. The Morgan fingerprint density at radius 3 is 2.00 bits per heavy atom. The van der Waals surface area contributed by atoms with Crippen molar-refractivity contribution in [2.75, 3.05) is 0 Å². The standard InChI is InChI=1S/C5H4ClF3N2.C2H6/c1-11-3(5(7,8)9)2-4(6)10-11;1-2/h2H,1H3;1-2H3. The van der Waals surface area contributed by atoms with Gasteiger partial charge in [-0.25, -0.2) is 0 Å². The number of aromatic nitrogens is 2. The van der Waals surface area contributed by atoms with E-state index in [4.69, 9.17) is 11.6 Å². The average molecular weight is 215 g/mol. The van der Waals surface area contributed by atoms with E-state index in [1.807, 2.05) is 13.8 Å². The van der Waals surface area contributed by atoms with Gasteiger partial charge >= 0.3 is 6.18 Å². The minimum atomic E-state index is -4.38. The molecule has 0 spiro atoms. The SMILES string of the molecule is CC.Cn1nc(Cl)cc1C(F)(F)F. The molecule has 0 saturated carbocycles. The van der Waals surface area contributed by atoms with E-state index in [9.17, 15) is 13.2 Å². The van der Waals surface area contributed by atoms with Crippen molar-refractivity contribution < 1.29 is 13.2 Å². The van der Waals surface area contributed by atoms with Crippen LogP contribution in [0.15, 0.2) is 6.07 Å². The monoisotopic (exact) mass is 214 g/mol. The molecule has 0 bridgehead atoms. The fourth-order valence-corrected chi connectivity index (χ4v) is 0.914. The van der Waals surface area contributed by atoms with E-state index in [0.29, 0.717) is 4.68 Å². The Bertz CT molecular complexity index is 267. The molecule has 0 aliphatic rings. The first-order valence-corrected chi connectivity index (χ1v) is 4.06. The average Bonchev–Trinajstić information content (AvgIpc) is 2.33. The van der Waals surface area contributed by atoms with Gasteiger partial charge in [0, 0.05) is 13.1 Å². The Hall–Kier alpha value is -0.710. The number of aryl methyl sites for hydroxylation is 1. The molecule has 0 saturated heterocycles. The molecule has 1 aromatic rings. The lowest BCUT2D eigenvalue weighted by Crippen LogP contribution is -2.11. The lowest BCUT2D eigenvalue weighted by molar-refractivity contribution is -0.143. The van der Waals surface area contributed by atoms with Gasteiger partial charge in [0.1, 0.15) is 5.69 Å². The first kappa shape index (κ1) is 12.3. The molecule has 0 radical (unpaired) electrons. The van der Waals surface area contributed by atoms with Crippen LogP contribution in [0.3, 0.4) is 0 Å². The van der Waals surface area contributed by atoms with Crippen LogP contribution in [0.4, 0.5) is 13.2 Å². The van der Waals surface area contributed by atoms with Crippen LogP contribution < -0.4 is 0 Å². The first-order chi connectivity index (χ1) is 5.91. The summed E-state index contributed by atoms with van der Waals surface area (Å²) in [5, 5.41) is 3.19. The van der Waals surface area contributed by atoms with Gasteiger partial charge in [0.05, 0.1) is 0 Å². The van der Waals surface area contributed by atoms with Crippen molar-refractivity contribution in [2.24, 2.45) is 7.05 Å². The summed E-state index contributed by atoms with van der Waals surface area (Å²) in [4.78, 5) is 0. The highest BCUT2D eigenvalue weighted by Gasteiger charge is 2.34. The second kappa shape index (κ2) is 4.50. The summed E-state index contributed by atoms with van der Waals surface area (Å²) >= 11 is 5.24. The Labute approximate surface area is 79.3 Å². The van der Waals surface area contributed by atoms with Gasteiger partial charge in [-0.05, 0) is 0 Å². The maximum atomic E-state index is 11.9. The molecule has 0 fully saturated rings. The fourth-order valence-electron chi connectivity index (χ4n) is 0.698. The maximum Gasteiger partial charge on any atom is 0.433 e. The molecule has 0 atom stereocenters. The maximum absolute atomic E-state index is 11.9. The predicted octanol–water partition coefficient (Wildman–Crippen LogP) is 3.12. The second-order valence-corrected chi connectivity index (χ2v) is 2.36. The fraction of sp³-hybridized carbons (Fsp3) is 0.571. The third-order valence-corrected chi connectivity index (χ3v) is 1.33. The van der Waals surface area contributed by atoms with Gasteiger partial charge in [-0.2, -0.15) is 18.3 Å². The summed E-state index contributed by atoms with van der Waals surface area (Å²) in [7, 11) is 1.19. The summed E-state index contributed by atoms with van der Waals surface area (Å²) in [6, 6.07) is 0.779. The molecule has 1 heterocycles. The van der Waals surface area contributed by atoms with Crippen LogP contribution in [0.2, 0.25) is 5.15 Å². The quantitative estimate of drug-likeness (QED) is 0.649. The van der Waals surface area contributed by atoms with E-state index in [2.05, 4.69) is 5.10 Å². The summed E-state index contributed by atoms with van der Waals surface area (Å²) in [6.07, 6.45) is -4.38. The highest BCUT2D eigenvalue weighted by molar-refractivity contribution is 6.29. The van der Waals surface area contributed by atoms with Gasteiger partial charge < -0.3 is 0 Å². The molecule has 13 heavy (non-hydrogen) atoms. The number of hydrogen-bond acceptors (Lipinski definition) is 1. The Balaban J connectivity index is 0.000000671. The third kappa shape index (κ3) is 3.26. The van der Waals surface area contributed by atoms with Crippen LogP contribution in [-0.2, 0) is 13.2 Å². The topological polar surface area (TPSA) is 17.8 Å². The molecule has 2 nitrogen and oxygen atoms in total. The van der Waals surface area contributed by atoms with Gasteiger partial charge in [-0.1, -0.05) is 25.4 Å². The van der Waals surface area contributed by atoms with Crippen molar-refractivity contribution in [3.05, 3.63) is 16.9 Å². The number of halogens is 4. The van der Waals surface area contributed by atoms with Gasteiger partial charge in [0.2, 0.25) is 0 Å². The highest BCUT2D eigenvalue weighted by Crippen LogP contribution is 2.29. The molecule has 0 unspecified atom stereocenters. The third-order valence-electron chi connectivity index (χ3n) is 1.14. The lowest BCUT2D eigenvalue weighted by Gasteiger charge is -2.04. The molecule has 6 heteroatoms. The number of rotatable bonds is 0. The molecule has 0 amide bonds. The van der Waals surface area contributed by atoms with Crippen LogP contribution in [0, 0.1) is 0 Å². The van der Waals surface area contributed by atoms with E-state index < -0.39 is 11.9 Å². The Morgan fingerprint density at radius 1 is 1.38 bits per heavy atom. The molecule has 0 N–H and O–H groups in total. The van der Waals surface area contributed by atoms with Crippen LogP contribution in [0.1, 0.15) is 19.5 Å². The predicted molar refractivity (Wildman–Crippen MR) is 44.6 cm³/mol. The van der Waals surface area contributed by atoms with Gasteiger partial charge in [0.15, 0.2) is 5.15 Å². The van der Waals surface area contributed by atoms with E-state index in [1.165, 1.54) is 7.05 Å². The minimum absolute atomic E-state index is 0.153. The summed E-state index contributed by atoms with van der Waals surface area (Å²) in [6.45, 7) is 4.00. The number of alkyl halides is 3. The van der Waals surface area contributed by atoms with Crippen molar-refractivity contribution in [3.8, 4) is 0 Å². The van der Waals surface area contributed by atoms with Gasteiger partial charge in [0.25, 0.3) is 0 Å². The highest BCUT2D eigenvalue weighted by atomic mass is 35.5. The smallest absolute Gasteiger partial charge is 0.262 e. The molecule has 1 rings (SSSR count). The minimum Gasteiger partial charge on any atom is -0.262 e. The summed E-state index contributed by atoms with van der Waals surface area (Å²) in [5.41, 5.74) is -0.845. The lowest BCUT2D eigenvalue weighted by atomic mass is 10.4. The number of hydrogen-bond donors (Lipinski definition) is 0. The molecule has 76 valence electrons. The molecular formula is C7H10ClF3N2. The second-order valence-electron chi connectivity index (χ2n) is 1.97. The Kier molecular flexibility index (Phi) is 4.26. The van der Waals surface area contributed by atoms with Gasteiger partial charge in [-0.15, -0.1) is 0 Å². The van der Waals surface area contributed by atoms with Crippen LogP contribution in [-0.4, -0.2) is 9.78 Å². The van der Waals surface area contributed by atoms with Crippen molar-refractivity contribution >= 4 is 11.6 Å². The van der Waals surface area contributed by atoms with Crippen LogP contribution >= 0.6 is 11.6 Å². The first-order valence-electron chi connectivity index (χ1n) is 3.68. The van der Waals surface area contributed by atoms with Crippen molar-refractivity contribution in [3.63, 3.8) is 0 Å². The summed E-state index contributed by atoms with van der Waals surface area (Å²) < 4.78 is 36.5. The molecule has 0 aliphatic heterocycles. The van der Waals surface area contributed by atoms with Crippen molar-refractivity contribution in [1.82, 2.24) is 9.78 Å².